The second-order valence-corrected chi connectivity index (χ2v) is 6.48. The van der Waals surface area contributed by atoms with Gasteiger partial charge in [0.2, 0.25) is 0 Å². The first kappa shape index (κ1) is 16.3. The topological polar surface area (TPSA) is 47.6 Å². The molecule has 2 saturated heterocycles. The van der Waals surface area contributed by atoms with Crippen LogP contribution in [0.1, 0.15) is 30.1 Å². The predicted octanol–water partition coefficient (Wildman–Crippen LogP) is 1.31. The number of benzene rings is 1. The average molecular weight is 316 g/mol. The Hall–Kier alpha value is -1.59. The zero-order valence-electron chi connectivity index (χ0n) is 14.1. The summed E-state index contributed by atoms with van der Waals surface area (Å²) in [5, 5.41) is 6.45. The van der Waals surface area contributed by atoms with Crippen LogP contribution in [0.5, 0.6) is 0 Å². The number of hydrogen-bond acceptors (Lipinski definition) is 4. The Balaban J connectivity index is 1.55. The van der Waals surface area contributed by atoms with Crippen LogP contribution in [0, 0.1) is 0 Å². The van der Waals surface area contributed by atoms with Gasteiger partial charge in [0.1, 0.15) is 0 Å². The summed E-state index contributed by atoms with van der Waals surface area (Å²) in [4.78, 5) is 17.2. The van der Waals surface area contributed by atoms with E-state index in [2.05, 4.69) is 39.5 Å². The van der Waals surface area contributed by atoms with Crippen molar-refractivity contribution >= 4 is 11.6 Å². The van der Waals surface area contributed by atoms with E-state index in [-0.39, 0.29) is 11.9 Å². The number of likely N-dealkylation sites (N-methyl/N-ethyl adjacent to an activating group) is 1. The Labute approximate surface area is 139 Å². The SMILES string of the molecule is CCN1CCN(c2ccc(C(=O)N[C@H]3CCCNC3)cc2)CC1. The maximum atomic E-state index is 12.3. The molecule has 0 radical (unpaired) electrons. The molecule has 126 valence electrons. The van der Waals surface area contributed by atoms with Gasteiger partial charge in [0.15, 0.2) is 0 Å². The molecule has 0 saturated carbocycles. The second kappa shape index (κ2) is 7.79. The van der Waals surface area contributed by atoms with Gasteiger partial charge in [0, 0.05) is 50.0 Å². The number of hydrogen-bond donors (Lipinski definition) is 2. The third kappa shape index (κ3) is 4.24. The van der Waals surface area contributed by atoms with Crippen LogP contribution in [0.2, 0.25) is 0 Å². The summed E-state index contributed by atoms with van der Waals surface area (Å²) in [7, 11) is 0. The van der Waals surface area contributed by atoms with Gasteiger partial charge in [0.25, 0.3) is 5.91 Å². The number of carbonyl (C=O) groups excluding carboxylic acids is 1. The lowest BCUT2D eigenvalue weighted by molar-refractivity contribution is 0.0930. The fourth-order valence-corrected chi connectivity index (χ4v) is 3.39. The van der Waals surface area contributed by atoms with Gasteiger partial charge in [0.05, 0.1) is 0 Å². The van der Waals surface area contributed by atoms with Crippen LogP contribution in [0.4, 0.5) is 5.69 Å². The highest BCUT2D eigenvalue weighted by molar-refractivity contribution is 5.94. The molecule has 3 rings (SSSR count). The highest BCUT2D eigenvalue weighted by Gasteiger charge is 2.18. The molecule has 0 aromatic heterocycles. The number of rotatable bonds is 4. The van der Waals surface area contributed by atoms with E-state index in [9.17, 15) is 4.79 Å². The van der Waals surface area contributed by atoms with Crippen molar-refractivity contribution < 1.29 is 4.79 Å². The van der Waals surface area contributed by atoms with Gasteiger partial charge >= 0.3 is 0 Å². The minimum Gasteiger partial charge on any atom is -0.369 e. The number of carbonyl (C=O) groups is 1. The van der Waals surface area contributed by atoms with E-state index >= 15 is 0 Å². The first-order valence-electron chi connectivity index (χ1n) is 8.85. The van der Waals surface area contributed by atoms with Crippen molar-refractivity contribution in [3.63, 3.8) is 0 Å². The Kier molecular flexibility index (Phi) is 5.51. The first-order valence-corrected chi connectivity index (χ1v) is 8.85. The molecule has 0 aliphatic carbocycles. The molecule has 2 aliphatic rings. The Bertz CT molecular complexity index is 502. The van der Waals surface area contributed by atoms with Gasteiger partial charge < -0.3 is 20.4 Å². The maximum Gasteiger partial charge on any atom is 0.251 e. The van der Waals surface area contributed by atoms with Crippen LogP contribution in [-0.4, -0.2) is 62.7 Å². The van der Waals surface area contributed by atoms with Crippen LogP contribution >= 0.6 is 0 Å². The summed E-state index contributed by atoms with van der Waals surface area (Å²) < 4.78 is 0. The fraction of sp³-hybridized carbons (Fsp3) is 0.611. The predicted molar refractivity (Wildman–Crippen MR) is 94.1 cm³/mol. The molecule has 2 heterocycles. The summed E-state index contributed by atoms with van der Waals surface area (Å²) in [5.41, 5.74) is 1.98. The standard InChI is InChI=1S/C18H28N4O/c1-2-21-10-12-22(13-11-21)17-7-5-15(6-8-17)18(23)20-16-4-3-9-19-14-16/h5-8,16,19H,2-4,9-14H2,1H3,(H,20,23)/t16-/m0/s1. The zero-order valence-corrected chi connectivity index (χ0v) is 14.1. The Morgan fingerprint density at radius 1 is 1.22 bits per heavy atom. The fourth-order valence-electron chi connectivity index (χ4n) is 3.39. The number of piperazine rings is 1. The molecule has 23 heavy (non-hydrogen) atoms. The van der Waals surface area contributed by atoms with Crippen molar-refractivity contribution in [1.82, 2.24) is 15.5 Å². The molecule has 0 unspecified atom stereocenters. The van der Waals surface area contributed by atoms with Crippen LogP contribution in [-0.2, 0) is 0 Å². The Morgan fingerprint density at radius 2 is 1.96 bits per heavy atom. The number of anilines is 1. The highest BCUT2D eigenvalue weighted by atomic mass is 16.1. The zero-order chi connectivity index (χ0) is 16.1. The smallest absolute Gasteiger partial charge is 0.251 e. The van der Waals surface area contributed by atoms with E-state index in [0.717, 1.165) is 64.2 Å². The molecule has 1 amide bonds. The second-order valence-electron chi connectivity index (χ2n) is 6.48. The van der Waals surface area contributed by atoms with Crippen LogP contribution in [0.25, 0.3) is 0 Å². The molecule has 5 nitrogen and oxygen atoms in total. The van der Waals surface area contributed by atoms with Crippen molar-refractivity contribution in [3.8, 4) is 0 Å². The number of piperidine rings is 1. The van der Waals surface area contributed by atoms with Crippen LogP contribution < -0.4 is 15.5 Å². The third-order valence-electron chi connectivity index (χ3n) is 4.95. The monoisotopic (exact) mass is 316 g/mol. The minimum atomic E-state index is 0.0426. The summed E-state index contributed by atoms with van der Waals surface area (Å²) in [6.07, 6.45) is 2.20. The van der Waals surface area contributed by atoms with E-state index < -0.39 is 0 Å². The average Bonchev–Trinajstić information content (AvgIpc) is 2.63. The molecule has 2 N–H and O–H groups in total. The Morgan fingerprint density at radius 3 is 2.57 bits per heavy atom. The summed E-state index contributed by atoms with van der Waals surface area (Å²) >= 11 is 0. The van der Waals surface area contributed by atoms with E-state index in [1.54, 1.807) is 0 Å². The lowest BCUT2D eigenvalue weighted by Gasteiger charge is -2.35. The number of amides is 1. The van der Waals surface area contributed by atoms with Gasteiger partial charge in [-0.25, -0.2) is 0 Å². The van der Waals surface area contributed by atoms with E-state index in [0.29, 0.717) is 0 Å². The maximum absolute atomic E-state index is 12.3. The first-order chi connectivity index (χ1) is 11.3. The van der Waals surface area contributed by atoms with Crippen molar-refractivity contribution in [3.05, 3.63) is 29.8 Å². The number of nitrogens with zero attached hydrogens (tertiary/aromatic N) is 2. The van der Waals surface area contributed by atoms with Crippen molar-refractivity contribution in [2.24, 2.45) is 0 Å². The van der Waals surface area contributed by atoms with E-state index in [1.807, 2.05) is 12.1 Å². The summed E-state index contributed by atoms with van der Waals surface area (Å²) in [6, 6.07) is 8.32. The molecule has 5 heteroatoms. The molecule has 2 aliphatic heterocycles. The largest absolute Gasteiger partial charge is 0.369 e. The summed E-state index contributed by atoms with van der Waals surface area (Å²) in [6.45, 7) is 9.65. The molecule has 1 aromatic carbocycles. The van der Waals surface area contributed by atoms with Crippen LogP contribution in [0.3, 0.4) is 0 Å². The van der Waals surface area contributed by atoms with Gasteiger partial charge in [-0.2, -0.15) is 0 Å². The van der Waals surface area contributed by atoms with Gasteiger partial charge in [-0.15, -0.1) is 0 Å². The van der Waals surface area contributed by atoms with Gasteiger partial charge in [-0.05, 0) is 50.2 Å². The molecule has 1 aromatic rings. The molecular weight excluding hydrogens is 288 g/mol. The van der Waals surface area contributed by atoms with Gasteiger partial charge in [-0.1, -0.05) is 6.92 Å². The minimum absolute atomic E-state index is 0.0426. The molecular formula is C18H28N4O. The molecule has 0 bridgehead atoms. The highest BCUT2D eigenvalue weighted by Crippen LogP contribution is 2.17. The number of nitrogens with one attached hydrogen (secondary N) is 2. The lowest BCUT2D eigenvalue weighted by Crippen LogP contribution is -2.46. The van der Waals surface area contributed by atoms with E-state index in [1.165, 1.54) is 5.69 Å². The van der Waals surface area contributed by atoms with Gasteiger partial charge in [-0.3, -0.25) is 4.79 Å². The lowest BCUT2D eigenvalue weighted by atomic mass is 10.1. The van der Waals surface area contributed by atoms with Crippen molar-refractivity contribution in [2.45, 2.75) is 25.8 Å². The molecule has 2 fully saturated rings. The molecule has 1 atom stereocenters. The van der Waals surface area contributed by atoms with Crippen molar-refractivity contribution in [2.75, 3.05) is 50.7 Å². The van der Waals surface area contributed by atoms with E-state index in [4.69, 9.17) is 0 Å². The third-order valence-corrected chi connectivity index (χ3v) is 4.95. The quantitative estimate of drug-likeness (QED) is 0.879. The van der Waals surface area contributed by atoms with Crippen molar-refractivity contribution in [1.29, 1.82) is 0 Å². The summed E-state index contributed by atoms with van der Waals surface area (Å²) in [5.74, 6) is 0.0426. The molecule has 0 spiro atoms. The normalized spacial score (nSPS) is 22.8. The van der Waals surface area contributed by atoms with Crippen LogP contribution in [0.15, 0.2) is 24.3 Å².